The summed E-state index contributed by atoms with van der Waals surface area (Å²) in [5, 5.41) is 4.83. The molecule has 1 atom stereocenters. The Hall–Kier alpha value is -1.81. The number of aromatic nitrogens is 1. The minimum atomic E-state index is 0.255. The molecule has 2 aromatic rings. The molecule has 0 bridgehead atoms. The molecule has 0 aliphatic carbocycles. The number of amides is 1. The number of nitrogens with one attached hydrogen (secondary N) is 2. The summed E-state index contributed by atoms with van der Waals surface area (Å²) < 4.78 is 0. The van der Waals surface area contributed by atoms with Gasteiger partial charge in [0, 0.05) is 49.7 Å². The third kappa shape index (κ3) is 2.49. The summed E-state index contributed by atoms with van der Waals surface area (Å²) in [7, 11) is 1.88. The SMILES string of the molecule is CN1CC(NCc2c[nH]c3ccccc23)CCC1=O. The fourth-order valence-electron chi connectivity index (χ4n) is 2.71. The van der Waals surface area contributed by atoms with Crippen LogP contribution in [0.4, 0.5) is 0 Å². The highest BCUT2D eigenvalue weighted by molar-refractivity contribution is 5.83. The molecule has 4 heteroatoms. The highest BCUT2D eigenvalue weighted by atomic mass is 16.2. The van der Waals surface area contributed by atoms with Gasteiger partial charge in [0.2, 0.25) is 5.91 Å². The van der Waals surface area contributed by atoms with Crippen LogP contribution < -0.4 is 5.32 Å². The van der Waals surface area contributed by atoms with Crippen molar-refractivity contribution in [1.82, 2.24) is 15.2 Å². The van der Waals surface area contributed by atoms with Crippen molar-refractivity contribution >= 4 is 16.8 Å². The Morgan fingerprint density at radius 1 is 1.42 bits per heavy atom. The number of benzene rings is 1. The van der Waals surface area contributed by atoms with E-state index in [2.05, 4.69) is 34.7 Å². The van der Waals surface area contributed by atoms with Crippen LogP contribution in [0.15, 0.2) is 30.5 Å². The monoisotopic (exact) mass is 257 g/mol. The third-order valence-corrected chi connectivity index (χ3v) is 3.88. The Morgan fingerprint density at radius 3 is 3.11 bits per heavy atom. The first kappa shape index (κ1) is 12.2. The minimum Gasteiger partial charge on any atom is -0.361 e. The second kappa shape index (κ2) is 5.05. The van der Waals surface area contributed by atoms with Gasteiger partial charge in [0.1, 0.15) is 0 Å². The molecule has 1 aliphatic rings. The lowest BCUT2D eigenvalue weighted by Gasteiger charge is -2.30. The van der Waals surface area contributed by atoms with Crippen molar-refractivity contribution in [3.8, 4) is 0 Å². The maximum Gasteiger partial charge on any atom is 0.222 e. The summed E-state index contributed by atoms with van der Waals surface area (Å²) in [6.07, 6.45) is 3.66. The largest absolute Gasteiger partial charge is 0.361 e. The van der Waals surface area contributed by atoms with Crippen LogP contribution >= 0.6 is 0 Å². The third-order valence-electron chi connectivity index (χ3n) is 3.88. The topological polar surface area (TPSA) is 48.1 Å². The number of hydrogen-bond acceptors (Lipinski definition) is 2. The van der Waals surface area contributed by atoms with Gasteiger partial charge < -0.3 is 15.2 Å². The predicted molar refractivity (Wildman–Crippen MR) is 75.8 cm³/mol. The lowest BCUT2D eigenvalue weighted by molar-refractivity contribution is -0.132. The number of piperidine rings is 1. The van der Waals surface area contributed by atoms with E-state index in [-0.39, 0.29) is 5.91 Å². The summed E-state index contributed by atoms with van der Waals surface area (Å²) in [5.74, 6) is 0.255. The van der Waals surface area contributed by atoms with Crippen LogP contribution in [0.2, 0.25) is 0 Å². The Bertz CT molecular complexity index is 590. The normalized spacial score (nSPS) is 20.2. The van der Waals surface area contributed by atoms with E-state index in [0.717, 1.165) is 19.5 Å². The highest BCUT2D eigenvalue weighted by Crippen LogP contribution is 2.18. The highest BCUT2D eigenvalue weighted by Gasteiger charge is 2.22. The maximum absolute atomic E-state index is 11.4. The van der Waals surface area contributed by atoms with Gasteiger partial charge >= 0.3 is 0 Å². The quantitative estimate of drug-likeness (QED) is 0.882. The Balaban J connectivity index is 1.65. The van der Waals surface area contributed by atoms with Gasteiger partial charge in [-0.1, -0.05) is 18.2 Å². The van der Waals surface area contributed by atoms with Crippen LogP contribution in [0, 0.1) is 0 Å². The van der Waals surface area contributed by atoms with Crippen molar-refractivity contribution in [3.63, 3.8) is 0 Å². The van der Waals surface area contributed by atoms with E-state index in [1.165, 1.54) is 16.5 Å². The molecular formula is C15H19N3O. The number of para-hydroxylation sites is 1. The number of likely N-dealkylation sites (N-methyl/N-ethyl adjacent to an activating group) is 1. The van der Waals surface area contributed by atoms with E-state index in [1.54, 1.807) is 0 Å². The van der Waals surface area contributed by atoms with Crippen molar-refractivity contribution in [2.75, 3.05) is 13.6 Å². The molecule has 1 unspecified atom stereocenters. The number of H-pyrrole nitrogens is 1. The van der Waals surface area contributed by atoms with Gasteiger partial charge in [0.05, 0.1) is 0 Å². The average molecular weight is 257 g/mol. The first-order valence-corrected chi connectivity index (χ1v) is 6.76. The number of fused-ring (bicyclic) bond motifs is 1. The van der Waals surface area contributed by atoms with Crippen molar-refractivity contribution in [2.45, 2.75) is 25.4 Å². The van der Waals surface area contributed by atoms with E-state index in [1.807, 2.05) is 18.0 Å². The zero-order chi connectivity index (χ0) is 13.2. The standard InChI is InChI=1S/C15H19N3O/c1-18-10-12(6-7-15(18)19)16-8-11-9-17-14-5-3-2-4-13(11)14/h2-5,9,12,16-17H,6-8,10H2,1H3. The van der Waals surface area contributed by atoms with Crippen LogP contribution in [0.1, 0.15) is 18.4 Å². The second-order valence-corrected chi connectivity index (χ2v) is 5.25. The molecule has 0 spiro atoms. The molecule has 1 saturated heterocycles. The molecule has 0 radical (unpaired) electrons. The first-order chi connectivity index (χ1) is 9.24. The van der Waals surface area contributed by atoms with Gasteiger partial charge in [-0.05, 0) is 18.1 Å². The van der Waals surface area contributed by atoms with Crippen molar-refractivity contribution in [2.24, 2.45) is 0 Å². The first-order valence-electron chi connectivity index (χ1n) is 6.76. The van der Waals surface area contributed by atoms with Gasteiger partial charge in [-0.2, -0.15) is 0 Å². The summed E-state index contributed by atoms with van der Waals surface area (Å²) in [5.41, 5.74) is 2.46. The number of likely N-dealkylation sites (tertiary alicyclic amines) is 1. The van der Waals surface area contributed by atoms with Gasteiger partial charge in [-0.3, -0.25) is 4.79 Å². The molecule has 2 N–H and O–H groups in total. The molecule has 2 heterocycles. The fourth-order valence-corrected chi connectivity index (χ4v) is 2.71. The lowest BCUT2D eigenvalue weighted by Crippen LogP contribution is -2.46. The van der Waals surface area contributed by atoms with E-state index < -0.39 is 0 Å². The van der Waals surface area contributed by atoms with E-state index in [4.69, 9.17) is 0 Å². The molecule has 1 aromatic carbocycles. The minimum absolute atomic E-state index is 0.255. The zero-order valence-electron chi connectivity index (χ0n) is 11.1. The second-order valence-electron chi connectivity index (χ2n) is 5.25. The zero-order valence-corrected chi connectivity index (χ0v) is 11.1. The van der Waals surface area contributed by atoms with Crippen LogP contribution in [-0.4, -0.2) is 35.4 Å². The molecule has 1 fully saturated rings. The molecule has 4 nitrogen and oxygen atoms in total. The van der Waals surface area contributed by atoms with E-state index >= 15 is 0 Å². The number of carbonyl (C=O) groups excluding carboxylic acids is 1. The molecule has 0 saturated carbocycles. The summed E-state index contributed by atoms with van der Waals surface area (Å²) in [6.45, 7) is 1.65. The Labute approximate surface area is 112 Å². The predicted octanol–water partition coefficient (Wildman–Crippen LogP) is 1.88. The van der Waals surface area contributed by atoms with Gasteiger partial charge in [-0.25, -0.2) is 0 Å². The van der Waals surface area contributed by atoms with Crippen molar-refractivity contribution < 1.29 is 4.79 Å². The van der Waals surface area contributed by atoms with E-state index in [0.29, 0.717) is 12.5 Å². The van der Waals surface area contributed by atoms with Crippen LogP contribution in [0.3, 0.4) is 0 Å². The molecule has 3 rings (SSSR count). The molecular weight excluding hydrogens is 238 g/mol. The Kier molecular flexibility index (Phi) is 3.25. The summed E-state index contributed by atoms with van der Waals surface area (Å²) in [4.78, 5) is 16.5. The molecule has 100 valence electrons. The van der Waals surface area contributed by atoms with E-state index in [9.17, 15) is 4.79 Å². The number of rotatable bonds is 3. The fraction of sp³-hybridized carbons (Fsp3) is 0.400. The number of carbonyl (C=O) groups is 1. The number of hydrogen-bond donors (Lipinski definition) is 2. The Morgan fingerprint density at radius 2 is 2.26 bits per heavy atom. The van der Waals surface area contributed by atoms with Crippen molar-refractivity contribution in [1.29, 1.82) is 0 Å². The average Bonchev–Trinajstić information content (AvgIpc) is 2.83. The van der Waals surface area contributed by atoms with Gasteiger partial charge in [0.15, 0.2) is 0 Å². The van der Waals surface area contributed by atoms with Gasteiger partial charge in [-0.15, -0.1) is 0 Å². The van der Waals surface area contributed by atoms with Gasteiger partial charge in [0.25, 0.3) is 0 Å². The van der Waals surface area contributed by atoms with Crippen LogP contribution in [0.25, 0.3) is 10.9 Å². The van der Waals surface area contributed by atoms with Crippen LogP contribution in [-0.2, 0) is 11.3 Å². The summed E-state index contributed by atoms with van der Waals surface area (Å²) >= 11 is 0. The van der Waals surface area contributed by atoms with Crippen molar-refractivity contribution in [3.05, 3.63) is 36.0 Å². The molecule has 1 aromatic heterocycles. The summed E-state index contributed by atoms with van der Waals surface area (Å²) in [6, 6.07) is 8.73. The molecule has 1 amide bonds. The molecule has 1 aliphatic heterocycles. The molecule has 19 heavy (non-hydrogen) atoms. The van der Waals surface area contributed by atoms with Crippen LogP contribution in [0.5, 0.6) is 0 Å². The maximum atomic E-state index is 11.4. The number of aromatic amines is 1. The number of nitrogens with zero attached hydrogens (tertiary/aromatic N) is 1. The lowest BCUT2D eigenvalue weighted by atomic mass is 10.1. The smallest absolute Gasteiger partial charge is 0.222 e.